The number of aliphatic hydroxyl groups excluding tert-OH is 1. The van der Waals surface area contributed by atoms with E-state index in [1.54, 1.807) is 0 Å². The fourth-order valence-corrected chi connectivity index (χ4v) is 1.23. The molecule has 0 fully saturated rings. The minimum absolute atomic E-state index is 0.234. The zero-order chi connectivity index (χ0) is 9.14. The lowest BCUT2D eigenvalue weighted by Crippen LogP contribution is -1.96. The first kappa shape index (κ1) is 9.08. The van der Waals surface area contributed by atoms with Crippen molar-refractivity contribution in [2.24, 2.45) is 0 Å². The van der Waals surface area contributed by atoms with E-state index in [1.807, 2.05) is 0 Å². The molecule has 0 spiro atoms. The zero-order valence-corrected chi connectivity index (χ0v) is 7.48. The predicted molar refractivity (Wildman–Crippen MR) is 44.5 cm³/mol. The van der Waals surface area contributed by atoms with E-state index in [0.717, 1.165) is 0 Å². The Morgan fingerprint density at radius 3 is 2.92 bits per heavy atom. The Balaban J connectivity index is 3.23. The Morgan fingerprint density at radius 2 is 2.42 bits per heavy atom. The van der Waals surface area contributed by atoms with Gasteiger partial charge >= 0.3 is 5.82 Å². The lowest BCUT2D eigenvalue weighted by atomic mass is 10.3. The summed E-state index contributed by atoms with van der Waals surface area (Å²) in [5, 5.41) is 19.1. The van der Waals surface area contributed by atoms with Crippen LogP contribution in [0, 0.1) is 10.1 Å². The Labute approximate surface area is 76.3 Å². The summed E-state index contributed by atoms with van der Waals surface area (Å²) in [6.45, 7) is -0.246. The van der Waals surface area contributed by atoms with Crippen molar-refractivity contribution < 1.29 is 10.0 Å². The lowest BCUT2D eigenvalue weighted by Gasteiger charge is -1.98. The molecule has 12 heavy (non-hydrogen) atoms. The molecule has 1 heterocycles. The summed E-state index contributed by atoms with van der Waals surface area (Å²) in [5.74, 6) is -0.276. The van der Waals surface area contributed by atoms with Gasteiger partial charge in [-0.2, -0.15) is 0 Å². The second-order valence-electron chi connectivity index (χ2n) is 2.02. The molecule has 6 heteroatoms. The molecule has 0 radical (unpaired) electrons. The van der Waals surface area contributed by atoms with E-state index in [9.17, 15) is 10.1 Å². The van der Waals surface area contributed by atoms with Crippen LogP contribution in [-0.4, -0.2) is 15.0 Å². The number of nitro groups is 1. The minimum atomic E-state index is -0.608. The quantitative estimate of drug-likeness (QED) is 0.615. The average Bonchev–Trinajstić information content (AvgIpc) is 2.04. The fraction of sp³-hybridized carbons (Fsp3) is 0.167. The second kappa shape index (κ2) is 3.59. The van der Waals surface area contributed by atoms with Crippen LogP contribution in [0.25, 0.3) is 0 Å². The lowest BCUT2D eigenvalue weighted by molar-refractivity contribution is -0.390. The third-order valence-electron chi connectivity index (χ3n) is 1.29. The summed E-state index contributed by atoms with van der Waals surface area (Å²) in [4.78, 5) is 13.2. The molecular formula is C6H5BrN2O3. The summed E-state index contributed by atoms with van der Waals surface area (Å²) in [7, 11) is 0. The third kappa shape index (κ3) is 1.59. The Morgan fingerprint density at radius 1 is 1.75 bits per heavy atom. The molecule has 0 aliphatic rings. The van der Waals surface area contributed by atoms with Crippen LogP contribution in [0.5, 0.6) is 0 Å². The summed E-state index contributed by atoms with van der Waals surface area (Å²) in [6, 6.07) is 1.51. The van der Waals surface area contributed by atoms with Crippen molar-refractivity contribution in [1.29, 1.82) is 0 Å². The van der Waals surface area contributed by atoms with Crippen LogP contribution in [0.2, 0.25) is 0 Å². The first-order chi connectivity index (χ1) is 5.66. The van der Waals surface area contributed by atoms with E-state index in [-0.39, 0.29) is 16.9 Å². The highest BCUT2D eigenvalue weighted by atomic mass is 79.9. The van der Waals surface area contributed by atoms with Gasteiger partial charge in [0.2, 0.25) is 0 Å². The first-order valence-corrected chi connectivity index (χ1v) is 3.84. The molecule has 1 aromatic rings. The maximum atomic E-state index is 10.3. The number of hydrogen-bond donors (Lipinski definition) is 1. The number of halogens is 1. The molecule has 0 bridgehead atoms. The summed E-state index contributed by atoms with van der Waals surface area (Å²) in [5.41, 5.74) is 0.455. The monoisotopic (exact) mass is 232 g/mol. The first-order valence-electron chi connectivity index (χ1n) is 3.05. The molecule has 1 rings (SSSR count). The van der Waals surface area contributed by atoms with E-state index < -0.39 is 4.92 Å². The SMILES string of the molecule is O=[N+]([O-])c1nccc(CO)c1Br. The van der Waals surface area contributed by atoms with Crippen molar-refractivity contribution in [3.8, 4) is 0 Å². The molecule has 0 unspecified atom stereocenters. The highest BCUT2D eigenvalue weighted by molar-refractivity contribution is 9.10. The van der Waals surface area contributed by atoms with Crippen molar-refractivity contribution in [1.82, 2.24) is 4.98 Å². The van der Waals surface area contributed by atoms with Gasteiger partial charge in [0.05, 0.1) is 6.61 Å². The predicted octanol–water partition coefficient (Wildman–Crippen LogP) is 1.24. The van der Waals surface area contributed by atoms with Crippen molar-refractivity contribution in [3.63, 3.8) is 0 Å². The number of pyridine rings is 1. The molecule has 0 atom stereocenters. The van der Waals surface area contributed by atoms with Gasteiger partial charge < -0.3 is 15.2 Å². The van der Waals surface area contributed by atoms with E-state index in [2.05, 4.69) is 20.9 Å². The third-order valence-corrected chi connectivity index (χ3v) is 2.16. The van der Waals surface area contributed by atoms with E-state index in [0.29, 0.717) is 5.56 Å². The molecule has 1 aromatic heterocycles. The van der Waals surface area contributed by atoms with Crippen LogP contribution in [-0.2, 0) is 6.61 Å². The van der Waals surface area contributed by atoms with Crippen molar-refractivity contribution in [2.45, 2.75) is 6.61 Å². The van der Waals surface area contributed by atoms with Crippen molar-refractivity contribution in [2.75, 3.05) is 0 Å². The largest absolute Gasteiger partial charge is 0.392 e. The fourth-order valence-electron chi connectivity index (χ4n) is 0.721. The summed E-state index contributed by atoms with van der Waals surface area (Å²) < 4.78 is 0.234. The van der Waals surface area contributed by atoms with Crippen LogP contribution in [0.1, 0.15) is 5.56 Å². The molecule has 0 aliphatic heterocycles. The molecule has 0 saturated heterocycles. The highest BCUT2D eigenvalue weighted by Crippen LogP contribution is 2.25. The standard InChI is InChI=1S/C6H5BrN2O3/c7-5-4(3-10)1-2-8-6(5)9(11)12/h1-2,10H,3H2. The molecule has 1 N–H and O–H groups in total. The van der Waals surface area contributed by atoms with Crippen LogP contribution < -0.4 is 0 Å². The molecular weight excluding hydrogens is 228 g/mol. The number of aromatic nitrogens is 1. The molecule has 0 saturated carbocycles. The van der Waals surface area contributed by atoms with Gasteiger partial charge in [0.25, 0.3) is 0 Å². The van der Waals surface area contributed by atoms with Crippen LogP contribution in [0.15, 0.2) is 16.7 Å². The number of rotatable bonds is 2. The van der Waals surface area contributed by atoms with E-state index in [1.165, 1.54) is 12.3 Å². The van der Waals surface area contributed by atoms with Crippen LogP contribution in [0.4, 0.5) is 5.82 Å². The van der Waals surface area contributed by atoms with Gasteiger partial charge in [-0.1, -0.05) is 0 Å². The normalized spacial score (nSPS) is 9.83. The van der Waals surface area contributed by atoms with Gasteiger partial charge in [0, 0.05) is 5.56 Å². The smallest absolute Gasteiger partial charge is 0.378 e. The Kier molecular flexibility index (Phi) is 2.72. The van der Waals surface area contributed by atoms with Gasteiger partial charge in [-0.3, -0.25) is 0 Å². The van der Waals surface area contributed by atoms with E-state index >= 15 is 0 Å². The Hall–Kier alpha value is -1.01. The molecule has 64 valence electrons. The highest BCUT2D eigenvalue weighted by Gasteiger charge is 2.15. The topological polar surface area (TPSA) is 76.3 Å². The number of hydrogen-bond acceptors (Lipinski definition) is 4. The number of nitrogens with zero attached hydrogens (tertiary/aromatic N) is 2. The number of aliphatic hydroxyl groups is 1. The maximum Gasteiger partial charge on any atom is 0.378 e. The average molecular weight is 233 g/mol. The minimum Gasteiger partial charge on any atom is -0.392 e. The van der Waals surface area contributed by atoms with Gasteiger partial charge in [-0.05, 0) is 31.9 Å². The molecule has 0 amide bonds. The Bertz CT molecular complexity index is 316. The summed E-state index contributed by atoms with van der Waals surface area (Å²) in [6.07, 6.45) is 1.29. The van der Waals surface area contributed by atoms with Crippen LogP contribution in [0.3, 0.4) is 0 Å². The van der Waals surface area contributed by atoms with Crippen molar-refractivity contribution >= 4 is 21.7 Å². The maximum absolute atomic E-state index is 10.3. The summed E-state index contributed by atoms with van der Waals surface area (Å²) >= 11 is 2.98. The van der Waals surface area contributed by atoms with E-state index in [4.69, 9.17) is 5.11 Å². The van der Waals surface area contributed by atoms with Gasteiger partial charge in [0.1, 0.15) is 10.7 Å². The van der Waals surface area contributed by atoms with Crippen molar-refractivity contribution in [3.05, 3.63) is 32.4 Å². The second-order valence-corrected chi connectivity index (χ2v) is 2.82. The van der Waals surface area contributed by atoms with Gasteiger partial charge in [-0.15, -0.1) is 0 Å². The van der Waals surface area contributed by atoms with Gasteiger partial charge in [-0.25, -0.2) is 0 Å². The molecule has 0 aromatic carbocycles. The molecule has 0 aliphatic carbocycles. The van der Waals surface area contributed by atoms with Gasteiger partial charge in [0.15, 0.2) is 0 Å². The zero-order valence-electron chi connectivity index (χ0n) is 5.90. The van der Waals surface area contributed by atoms with Crippen LogP contribution >= 0.6 is 15.9 Å². The molecule has 5 nitrogen and oxygen atoms in total.